The summed E-state index contributed by atoms with van der Waals surface area (Å²) < 4.78 is 4.15. The number of hydrogen-bond donors (Lipinski definition) is 0. The second-order valence-electron chi connectivity index (χ2n) is 2.84. The van der Waals surface area contributed by atoms with E-state index in [0.717, 1.165) is 24.2 Å². The highest BCUT2D eigenvalue weighted by atomic mass is 32.1. The largest absolute Gasteiger partial charge is 0.309 e. The molecule has 3 nitrogen and oxygen atoms in total. The summed E-state index contributed by atoms with van der Waals surface area (Å²) in [5, 5.41) is 10.5. The van der Waals surface area contributed by atoms with Gasteiger partial charge in [0.15, 0.2) is 0 Å². The topological polar surface area (TPSA) is 39.9 Å². The van der Waals surface area contributed by atoms with Gasteiger partial charge in [0.1, 0.15) is 6.07 Å². The van der Waals surface area contributed by atoms with Gasteiger partial charge in [-0.2, -0.15) is 9.64 Å². The van der Waals surface area contributed by atoms with Crippen LogP contribution < -0.4 is 0 Å². The van der Waals surface area contributed by atoms with E-state index in [-0.39, 0.29) is 0 Å². The first-order chi connectivity index (χ1) is 5.74. The summed E-state index contributed by atoms with van der Waals surface area (Å²) in [6.07, 6.45) is 0.861. The number of hydrogen-bond acceptors (Lipinski definition) is 4. The van der Waals surface area contributed by atoms with Crippen molar-refractivity contribution >= 4 is 11.5 Å². The van der Waals surface area contributed by atoms with Crippen molar-refractivity contribution in [3.63, 3.8) is 0 Å². The van der Waals surface area contributed by atoms with Crippen molar-refractivity contribution in [2.24, 2.45) is 0 Å². The van der Waals surface area contributed by atoms with Crippen LogP contribution in [-0.2, 0) is 6.42 Å². The lowest BCUT2D eigenvalue weighted by Gasteiger charge is -2.06. The van der Waals surface area contributed by atoms with E-state index in [4.69, 9.17) is 5.26 Å². The van der Waals surface area contributed by atoms with Crippen LogP contribution in [0.15, 0.2) is 5.38 Å². The van der Waals surface area contributed by atoms with E-state index in [1.165, 1.54) is 11.5 Å². The Morgan fingerprint density at radius 1 is 1.67 bits per heavy atom. The molecule has 0 aromatic carbocycles. The molecule has 64 valence electrons. The average molecular weight is 181 g/mol. The smallest absolute Gasteiger partial charge is 0.102 e. The van der Waals surface area contributed by atoms with Crippen molar-refractivity contribution in [1.29, 1.82) is 5.26 Å². The quantitative estimate of drug-likeness (QED) is 0.701. The molecule has 0 aliphatic carbocycles. The lowest BCUT2D eigenvalue weighted by Crippen LogP contribution is -2.15. The van der Waals surface area contributed by atoms with Gasteiger partial charge in [-0.25, -0.2) is 0 Å². The highest BCUT2D eigenvalue weighted by molar-refractivity contribution is 7.03. The highest BCUT2D eigenvalue weighted by Gasteiger charge is 2.04. The molecule has 0 aliphatic heterocycles. The molecule has 0 unspecified atom stereocenters. The number of aromatic nitrogens is 1. The zero-order valence-electron chi connectivity index (χ0n) is 7.24. The van der Waals surface area contributed by atoms with Crippen molar-refractivity contribution in [2.45, 2.75) is 6.42 Å². The van der Waals surface area contributed by atoms with Gasteiger partial charge in [0.05, 0.1) is 11.3 Å². The third kappa shape index (κ3) is 2.29. The molecule has 1 heterocycles. The van der Waals surface area contributed by atoms with Crippen molar-refractivity contribution in [3.05, 3.63) is 16.6 Å². The monoisotopic (exact) mass is 181 g/mol. The Morgan fingerprint density at radius 2 is 2.42 bits per heavy atom. The number of nitriles is 1. The molecule has 0 N–H and O–H groups in total. The van der Waals surface area contributed by atoms with Crippen LogP contribution in [0.3, 0.4) is 0 Å². The van der Waals surface area contributed by atoms with Crippen molar-refractivity contribution in [3.8, 4) is 6.07 Å². The first kappa shape index (κ1) is 9.17. The zero-order chi connectivity index (χ0) is 8.97. The molecule has 0 atom stereocenters. The maximum atomic E-state index is 8.68. The van der Waals surface area contributed by atoms with E-state index >= 15 is 0 Å². The van der Waals surface area contributed by atoms with Gasteiger partial charge >= 0.3 is 0 Å². The number of nitrogens with zero attached hydrogens (tertiary/aromatic N) is 3. The van der Waals surface area contributed by atoms with E-state index in [1.54, 1.807) is 5.38 Å². The predicted molar refractivity (Wildman–Crippen MR) is 49.1 cm³/mol. The fourth-order valence-electron chi connectivity index (χ4n) is 0.861. The summed E-state index contributed by atoms with van der Waals surface area (Å²) in [7, 11) is 4.02. The van der Waals surface area contributed by atoms with Gasteiger partial charge in [0, 0.05) is 18.3 Å². The van der Waals surface area contributed by atoms with E-state index < -0.39 is 0 Å². The first-order valence-corrected chi connectivity index (χ1v) is 4.55. The van der Waals surface area contributed by atoms with Crippen LogP contribution in [0.25, 0.3) is 0 Å². The van der Waals surface area contributed by atoms with E-state index in [0.29, 0.717) is 0 Å². The molecular weight excluding hydrogens is 170 g/mol. The van der Waals surface area contributed by atoms with Gasteiger partial charge < -0.3 is 4.90 Å². The molecule has 0 radical (unpaired) electrons. The van der Waals surface area contributed by atoms with E-state index in [2.05, 4.69) is 15.3 Å². The molecule has 12 heavy (non-hydrogen) atoms. The molecule has 1 aromatic rings. The second kappa shape index (κ2) is 4.19. The third-order valence-electron chi connectivity index (χ3n) is 1.56. The SMILES string of the molecule is CN(C)CCc1nscc1C#N. The maximum Gasteiger partial charge on any atom is 0.102 e. The van der Waals surface area contributed by atoms with Crippen LogP contribution in [-0.4, -0.2) is 29.9 Å². The molecule has 0 saturated carbocycles. The van der Waals surface area contributed by atoms with Gasteiger partial charge in [-0.1, -0.05) is 0 Å². The normalized spacial score (nSPS) is 10.2. The van der Waals surface area contributed by atoms with Crippen LogP contribution in [0.4, 0.5) is 0 Å². The maximum absolute atomic E-state index is 8.68. The lowest BCUT2D eigenvalue weighted by atomic mass is 10.2. The molecule has 0 saturated heterocycles. The second-order valence-corrected chi connectivity index (χ2v) is 3.47. The standard InChI is InChI=1S/C8H11N3S/c1-11(2)4-3-8-7(5-9)6-12-10-8/h6H,3-4H2,1-2H3. The molecule has 4 heteroatoms. The minimum absolute atomic E-state index is 0.724. The summed E-state index contributed by atoms with van der Waals surface area (Å²) in [6.45, 7) is 0.943. The molecule has 0 spiro atoms. The van der Waals surface area contributed by atoms with Gasteiger partial charge in [-0.05, 0) is 25.6 Å². The summed E-state index contributed by atoms with van der Waals surface area (Å²) >= 11 is 1.35. The predicted octanol–water partition coefficient (Wildman–Crippen LogP) is 1.12. The Hall–Kier alpha value is -0.920. The van der Waals surface area contributed by atoms with Crippen LogP contribution in [0, 0.1) is 11.3 Å². The molecular formula is C8H11N3S. The third-order valence-corrected chi connectivity index (χ3v) is 2.23. The molecule has 0 amide bonds. The summed E-state index contributed by atoms with van der Waals surface area (Å²) in [6, 6.07) is 2.13. The van der Waals surface area contributed by atoms with Gasteiger partial charge in [-0.3, -0.25) is 0 Å². The number of rotatable bonds is 3. The molecule has 0 fully saturated rings. The fourth-order valence-corrected chi connectivity index (χ4v) is 1.52. The van der Waals surface area contributed by atoms with Crippen LogP contribution in [0.5, 0.6) is 0 Å². The molecule has 0 bridgehead atoms. The van der Waals surface area contributed by atoms with E-state index in [1.807, 2.05) is 14.1 Å². The summed E-state index contributed by atoms with van der Waals surface area (Å²) in [5.41, 5.74) is 1.65. The zero-order valence-corrected chi connectivity index (χ0v) is 8.06. The van der Waals surface area contributed by atoms with Crippen LogP contribution in [0.1, 0.15) is 11.3 Å². The Bertz CT molecular complexity index is 285. The van der Waals surface area contributed by atoms with Crippen LogP contribution in [0.2, 0.25) is 0 Å². The average Bonchev–Trinajstić information content (AvgIpc) is 2.47. The highest BCUT2D eigenvalue weighted by Crippen LogP contribution is 2.09. The summed E-state index contributed by atoms with van der Waals surface area (Å²) in [5.74, 6) is 0. The minimum atomic E-state index is 0.724. The fraction of sp³-hybridized carbons (Fsp3) is 0.500. The molecule has 1 rings (SSSR count). The van der Waals surface area contributed by atoms with Gasteiger partial charge in [0.2, 0.25) is 0 Å². The molecule has 1 aromatic heterocycles. The van der Waals surface area contributed by atoms with Crippen molar-refractivity contribution in [2.75, 3.05) is 20.6 Å². The molecule has 0 aliphatic rings. The Kier molecular flexibility index (Phi) is 3.20. The Balaban J connectivity index is 2.58. The summed E-state index contributed by atoms with van der Waals surface area (Å²) in [4.78, 5) is 2.08. The van der Waals surface area contributed by atoms with E-state index in [9.17, 15) is 0 Å². The minimum Gasteiger partial charge on any atom is -0.309 e. The van der Waals surface area contributed by atoms with Gasteiger partial charge in [0.25, 0.3) is 0 Å². The lowest BCUT2D eigenvalue weighted by molar-refractivity contribution is 0.412. The van der Waals surface area contributed by atoms with Crippen molar-refractivity contribution < 1.29 is 0 Å². The van der Waals surface area contributed by atoms with Crippen molar-refractivity contribution in [1.82, 2.24) is 9.27 Å². The van der Waals surface area contributed by atoms with Gasteiger partial charge in [-0.15, -0.1) is 0 Å². The Labute approximate surface area is 76.4 Å². The Morgan fingerprint density at radius 3 is 3.00 bits per heavy atom. The van der Waals surface area contributed by atoms with Crippen LogP contribution >= 0.6 is 11.5 Å². The first-order valence-electron chi connectivity index (χ1n) is 3.72. The number of likely N-dealkylation sites (N-methyl/N-ethyl adjacent to an activating group) is 1.